The highest BCUT2D eigenvalue weighted by atomic mass is 16.5. The summed E-state index contributed by atoms with van der Waals surface area (Å²) in [4.78, 5) is 0. The van der Waals surface area contributed by atoms with Gasteiger partial charge in [-0.15, -0.1) is 0 Å². The van der Waals surface area contributed by atoms with Gasteiger partial charge in [-0.3, -0.25) is 0 Å². The van der Waals surface area contributed by atoms with Crippen LogP contribution in [-0.4, -0.2) is 18.0 Å². The molecule has 1 aromatic rings. The van der Waals surface area contributed by atoms with Gasteiger partial charge in [0.1, 0.15) is 0 Å². The van der Waals surface area contributed by atoms with Crippen molar-refractivity contribution in [3.63, 3.8) is 0 Å². The van der Waals surface area contributed by atoms with Crippen LogP contribution in [0.4, 0.5) is 0 Å². The Morgan fingerprint density at radius 1 is 1.16 bits per heavy atom. The number of nitrogens with zero attached hydrogens (tertiary/aromatic N) is 2. The Morgan fingerprint density at radius 2 is 1.84 bits per heavy atom. The van der Waals surface area contributed by atoms with Crippen LogP contribution in [0.25, 0.3) is 0 Å². The lowest BCUT2D eigenvalue weighted by molar-refractivity contribution is -0.732. The van der Waals surface area contributed by atoms with E-state index in [1.54, 1.807) is 0 Å². The Kier molecular flexibility index (Phi) is 8.64. The highest BCUT2D eigenvalue weighted by Crippen LogP contribution is 2.04. The molecule has 1 rings (SSSR count). The smallest absolute Gasteiger partial charge is 0.252 e. The molecule has 0 aromatic carbocycles. The van der Waals surface area contributed by atoms with Crippen LogP contribution in [-0.2, 0) is 11.5 Å². The lowest BCUT2D eigenvalue weighted by atomic mass is 10.1. The molecule has 1 aromatic heterocycles. The quantitative estimate of drug-likeness (QED) is 0.232. The van der Waals surface area contributed by atoms with Gasteiger partial charge in [0.05, 0.1) is 12.8 Å². The van der Waals surface area contributed by atoms with E-state index in [0.717, 1.165) is 18.6 Å². The largest absolute Gasteiger partial charge is 0.411 e. The van der Waals surface area contributed by atoms with Crippen LogP contribution in [0.3, 0.4) is 0 Å². The number of aromatic nitrogens is 1. The van der Waals surface area contributed by atoms with Gasteiger partial charge in [0, 0.05) is 17.7 Å². The zero-order valence-electron chi connectivity index (χ0n) is 11.8. The monoisotopic (exact) mass is 265 g/mol. The molecular formula is C15H25N2O2+. The number of rotatable bonds is 10. The number of ether oxygens (including phenoxy) is 1. The SMILES string of the molecule is CCCCCCCCOC[n+]1ccc(/C=N/O)cc1. The topological polar surface area (TPSA) is 45.7 Å². The molecule has 0 bridgehead atoms. The second-order valence-corrected chi connectivity index (χ2v) is 4.70. The minimum Gasteiger partial charge on any atom is -0.411 e. The summed E-state index contributed by atoms with van der Waals surface area (Å²) in [5.41, 5.74) is 0.870. The molecule has 1 heterocycles. The van der Waals surface area contributed by atoms with Crippen molar-refractivity contribution in [2.45, 2.75) is 52.2 Å². The second kappa shape index (κ2) is 10.5. The molecule has 0 unspecified atom stereocenters. The summed E-state index contributed by atoms with van der Waals surface area (Å²) in [6.45, 7) is 3.63. The summed E-state index contributed by atoms with van der Waals surface area (Å²) in [5.74, 6) is 0. The van der Waals surface area contributed by atoms with E-state index >= 15 is 0 Å². The van der Waals surface area contributed by atoms with Crippen molar-refractivity contribution < 1.29 is 14.5 Å². The van der Waals surface area contributed by atoms with Gasteiger partial charge in [0.25, 0.3) is 6.73 Å². The zero-order chi connectivity index (χ0) is 13.8. The lowest BCUT2D eigenvalue weighted by Gasteiger charge is -2.01. The van der Waals surface area contributed by atoms with Crippen molar-refractivity contribution in [2.75, 3.05) is 6.61 Å². The summed E-state index contributed by atoms with van der Waals surface area (Å²) in [6, 6.07) is 3.77. The van der Waals surface area contributed by atoms with E-state index in [1.165, 1.54) is 38.3 Å². The average molecular weight is 265 g/mol. The number of pyridine rings is 1. The fourth-order valence-electron chi connectivity index (χ4n) is 1.86. The van der Waals surface area contributed by atoms with Crippen LogP contribution < -0.4 is 4.57 Å². The number of hydrogen-bond donors (Lipinski definition) is 1. The molecule has 0 saturated heterocycles. The minimum atomic E-state index is 0.575. The van der Waals surface area contributed by atoms with Crippen LogP contribution in [0.5, 0.6) is 0 Å². The average Bonchev–Trinajstić information content (AvgIpc) is 2.44. The number of oxime groups is 1. The molecule has 0 amide bonds. The van der Waals surface area contributed by atoms with Gasteiger partial charge in [0.15, 0.2) is 12.4 Å². The fourth-order valence-corrected chi connectivity index (χ4v) is 1.86. The van der Waals surface area contributed by atoms with Crippen molar-refractivity contribution >= 4 is 6.21 Å². The molecule has 0 aliphatic rings. The van der Waals surface area contributed by atoms with E-state index in [2.05, 4.69) is 12.1 Å². The summed E-state index contributed by atoms with van der Waals surface area (Å²) in [6.07, 6.45) is 12.9. The Hall–Kier alpha value is -1.42. The molecule has 106 valence electrons. The maximum atomic E-state index is 8.40. The predicted octanol–water partition coefficient (Wildman–Crippen LogP) is 3.12. The molecule has 19 heavy (non-hydrogen) atoms. The van der Waals surface area contributed by atoms with Crippen molar-refractivity contribution in [3.8, 4) is 0 Å². The molecule has 0 aliphatic carbocycles. The van der Waals surface area contributed by atoms with Crippen LogP contribution >= 0.6 is 0 Å². The summed E-state index contributed by atoms with van der Waals surface area (Å²) in [5, 5.41) is 11.4. The van der Waals surface area contributed by atoms with Crippen LogP contribution in [0.1, 0.15) is 51.0 Å². The first-order valence-corrected chi connectivity index (χ1v) is 7.11. The Bertz CT molecular complexity index is 350. The van der Waals surface area contributed by atoms with Gasteiger partial charge >= 0.3 is 0 Å². The molecular weight excluding hydrogens is 240 g/mol. The Balaban J connectivity index is 2.06. The molecule has 0 saturated carbocycles. The van der Waals surface area contributed by atoms with E-state index in [1.807, 2.05) is 29.1 Å². The second-order valence-electron chi connectivity index (χ2n) is 4.70. The summed E-state index contributed by atoms with van der Waals surface area (Å²) >= 11 is 0. The summed E-state index contributed by atoms with van der Waals surface area (Å²) in [7, 11) is 0. The third-order valence-electron chi connectivity index (χ3n) is 3.01. The predicted molar refractivity (Wildman–Crippen MR) is 75.3 cm³/mol. The van der Waals surface area contributed by atoms with Crippen molar-refractivity contribution in [1.82, 2.24) is 0 Å². The van der Waals surface area contributed by atoms with Crippen molar-refractivity contribution in [2.24, 2.45) is 5.16 Å². The standard InChI is InChI=1S/C15H24N2O2/c1-2-3-4-5-6-7-12-19-14-17-10-8-15(9-11-17)13-16-18/h8-11,13H,2-7,12,14H2,1H3/p+1. The number of unbranched alkanes of at least 4 members (excludes halogenated alkanes) is 5. The maximum absolute atomic E-state index is 8.40. The van der Waals surface area contributed by atoms with Crippen LogP contribution in [0.15, 0.2) is 29.7 Å². The lowest BCUT2D eigenvalue weighted by Crippen LogP contribution is -2.34. The van der Waals surface area contributed by atoms with Gasteiger partial charge in [0.2, 0.25) is 0 Å². The Labute approximate surface area is 115 Å². The molecule has 0 fully saturated rings. The van der Waals surface area contributed by atoms with Gasteiger partial charge < -0.3 is 9.94 Å². The first-order valence-electron chi connectivity index (χ1n) is 7.11. The van der Waals surface area contributed by atoms with Gasteiger partial charge in [-0.1, -0.05) is 44.2 Å². The molecule has 4 heteroatoms. The first kappa shape index (κ1) is 15.6. The van der Waals surface area contributed by atoms with E-state index in [9.17, 15) is 0 Å². The fraction of sp³-hybridized carbons (Fsp3) is 0.600. The molecule has 0 aliphatic heterocycles. The van der Waals surface area contributed by atoms with E-state index in [0.29, 0.717) is 6.73 Å². The van der Waals surface area contributed by atoms with Crippen molar-refractivity contribution in [1.29, 1.82) is 0 Å². The van der Waals surface area contributed by atoms with Crippen LogP contribution in [0.2, 0.25) is 0 Å². The van der Waals surface area contributed by atoms with Gasteiger partial charge in [-0.05, 0) is 6.42 Å². The third-order valence-corrected chi connectivity index (χ3v) is 3.01. The van der Waals surface area contributed by atoms with Gasteiger partial charge in [-0.2, -0.15) is 4.57 Å². The zero-order valence-corrected chi connectivity index (χ0v) is 11.8. The highest BCUT2D eigenvalue weighted by molar-refractivity contribution is 5.78. The van der Waals surface area contributed by atoms with E-state index in [-0.39, 0.29) is 0 Å². The summed E-state index contributed by atoms with van der Waals surface area (Å²) < 4.78 is 7.57. The molecule has 0 atom stereocenters. The number of hydrogen-bond acceptors (Lipinski definition) is 3. The van der Waals surface area contributed by atoms with Crippen molar-refractivity contribution in [3.05, 3.63) is 30.1 Å². The maximum Gasteiger partial charge on any atom is 0.252 e. The first-order chi connectivity index (χ1) is 9.36. The van der Waals surface area contributed by atoms with Gasteiger partial charge in [-0.25, -0.2) is 0 Å². The van der Waals surface area contributed by atoms with E-state index in [4.69, 9.17) is 9.94 Å². The highest BCUT2D eigenvalue weighted by Gasteiger charge is 1.99. The Morgan fingerprint density at radius 3 is 2.53 bits per heavy atom. The van der Waals surface area contributed by atoms with Crippen LogP contribution in [0, 0.1) is 0 Å². The normalized spacial score (nSPS) is 11.2. The van der Waals surface area contributed by atoms with E-state index < -0.39 is 0 Å². The molecule has 1 N–H and O–H groups in total. The molecule has 0 radical (unpaired) electrons. The molecule has 0 spiro atoms. The molecule has 4 nitrogen and oxygen atoms in total. The minimum absolute atomic E-state index is 0.575. The third kappa shape index (κ3) is 7.57.